The Morgan fingerprint density at radius 3 is 2.73 bits per heavy atom. The van der Waals surface area contributed by atoms with Crippen LogP contribution >= 0.6 is 0 Å². The second kappa shape index (κ2) is 10.0. The van der Waals surface area contributed by atoms with E-state index in [9.17, 15) is 17.9 Å². The van der Waals surface area contributed by atoms with Crippen LogP contribution in [0.4, 0.5) is 10.4 Å². The third-order valence-corrected chi connectivity index (χ3v) is 6.88. The monoisotopic (exact) mass is 527 g/mol. The molecule has 37 heavy (non-hydrogen) atoms. The molecule has 0 amide bonds. The number of rotatable bonds is 8. The maximum absolute atomic E-state index is 13.7. The summed E-state index contributed by atoms with van der Waals surface area (Å²) in [4.78, 5) is 6.12. The summed E-state index contributed by atoms with van der Waals surface area (Å²) >= 11 is 0. The first-order valence-corrected chi connectivity index (χ1v) is 13.4. The summed E-state index contributed by atoms with van der Waals surface area (Å²) in [5.41, 5.74) is 3.28. The first-order valence-electron chi connectivity index (χ1n) is 11.6. The van der Waals surface area contributed by atoms with Crippen LogP contribution in [0.15, 0.2) is 65.1 Å². The predicted molar refractivity (Wildman–Crippen MR) is 135 cm³/mol. The number of anilines is 1. The molecule has 0 fully saturated rings. The third-order valence-electron chi connectivity index (χ3n) is 6.21. The van der Waals surface area contributed by atoms with Crippen molar-refractivity contribution < 1.29 is 31.8 Å². The summed E-state index contributed by atoms with van der Waals surface area (Å²) in [5.74, 6) is 0.561. The highest BCUT2D eigenvalue weighted by Gasteiger charge is 2.37. The number of sulfonamides is 1. The van der Waals surface area contributed by atoms with E-state index in [1.165, 1.54) is 18.2 Å². The molecule has 0 aliphatic carbocycles. The SMILES string of the molecule is COc1ccc2c(c1OCc1ccccc1)C[C@@H]([C@@H](O)NS(C)(=O)=O)N(c1nc3ccc(F)cc3o1)C2. The standard InChI is InChI=1S/C26H26FN3O6S/c1-34-22-11-8-17-14-30(26-28-20-10-9-18(27)12-23(20)36-26)21(25(31)29-37(2,32)33)13-19(17)24(22)35-15-16-6-4-3-5-7-16/h3-12,21,25,29,31H,13-15H2,1-2H3/t21-,25+/m0/s1. The van der Waals surface area contributed by atoms with E-state index in [0.717, 1.165) is 22.9 Å². The van der Waals surface area contributed by atoms with Gasteiger partial charge in [-0.2, -0.15) is 9.71 Å². The fourth-order valence-electron chi connectivity index (χ4n) is 4.49. The number of halogens is 1. The van der Waals surface area contributed by atoms with E-state index >= 15 is 0 Å². The Hall–Kier alpha value is -3.67. The number of oxazole rings is 1. The second-order valence-electron chi connectivity index (χ2n) is 8.85. The van der Waals surface area contributed by atoms with Crippen LogP contribution in [0.1, 0.15) is 16.7 Å². The number of aromatic nitrogens is 1. The lowest BCUT2D eigenvalue weighted by Crippen LogP contribution is -2.54. The Labute approximate surface area is 213 Å². The maximum atomic E-state index is 13.7. The van der Waals surface area contributed by atoms with Crippen LogP contribution < -0.4 is 19.1 Å². The first kappa shape index (κ1) is 25.0. The summed E-state index contributed by atoms with van der Waals surface area (Å²) in [6.07, 6.45) is -0.340. The molecular weight excluding hydrogens is 501 g/mol. The number of aliphatic hydroxyl groups excluding tert-OH is 1. The molecule has 1 aliphatic heterocycles. The highest BCUT2D eigenvalue weighted by molar-refractivity contribution is 7.88. The molecule has 5 rings (SSSR count). The molecule has 0 saturated heterocycles. The first-order chi connectivity index (χ1) is 17.7. The lowest BCUT2D eigenvalue weighted by molar-refractivity contribution is 0.123. The van der Waals surface area contributed by atoms with Crippen LogP contribution in [0.5, 0.6) is 11.5 Å². The topological polar surface area (TPSA) is 114 Å². The molecule has 0 radical (unpaired) electrons. The molecule has 2 N–H and O–H groups in total. The molecule has 0 unspecified atom stereocenters. The zero-order valence-corrected chi connectivity index (χ0v) is 21.0. The zero-order valence-electron chi connectivity index (χ0n) is 20.2. The van der Waals surface area contributed by atoms with E-state index < -0.39 is 28.1 Å². The number of benzene rings is 3. The minimum Gasteiger partial charge on any atom is -0.493 e. The Morgan fingerprint density at radius 2 is 2.00 bits per heavy atom. The molecule has 3 aromatic carbocycles. The van der Waals surface area contributed by atoms with Gasteiger partial charge >= 0.3 is 0 Å². The van der Waals surface area contributed by atoms with Gasteiger partial charge in [0.05, 0.1) is 19.4 Å². The number of hydrogen-bond acceptors (Lipinski definition) is 8. The predicted octanol–water partition coefficient (Wildman–Crippen LogP) is 3.35. The number of methoxy groups -OCH3 is 1. The molecule has 9 nitrogen and oxygen atoms in total. The van der Waals surface area contributed by atoms with Crippen LogP contribution in [0.25, 0.3) is 11.1 Å². The molecule has 2 heterocycles. The fourth-order valence-corrected chi connectivity index (χ4v) is 5.08. The van der Waals surface area contributed by atoms with Gasteiger partial charge in [-0.3, -0.25) is 0 Å². The number of ether oxygens (including phenoxy) is 2. The molecule has 11 heteroatoms. The lowest BCUT2D eigenvalue weighted by atomic mass is 9.92. The molecule has 0 bridgehead atoms. The summed E-state index contributed by atoms with van der Waals surface area (Å²) < 4.78 is 57.5. The van der Waals surface area contributed by atoms with E-state index in [0.29, 0.717) is 23.6 Å². The molecule has 1 aliphatic rings. The molecule has 0 spiro atoms. The maximum Gasteiger partial charge on any atom is 0.299 e. The summed E-state index contributed by atoms with van der Waals surface area (Å²) in [7, 11) is -2.20. The van der Waals surface area contributed by atoms with Crippen LogP contribution in [-0.4, -0.2) is 44.1 Å². The number of hydrogen-bond donors (Lipinski definition) is 2. The smallest absolute Gasteiger partial charge is 0.299 e. The molecule has 1 aromatic heterocycles. The van der Waals surface area contributed by atoms with Crippen molar-refractivity contribution >= 4 is 27.1 Å². The number of nitrogens with one attached hydrogen (secondary N) is 1. The Balaban J connectivity index is 1.55. The van der Waals surface area contributed by atoms with Crippen molar-refractivity contribution in [2.75, 3.05) is 18.3 Å². The van der Waals surface area contributed by atoms with E-state index in [1.54, 1.807) is 18.1 Å². The number of nitrogens with zero attached hydrogens (tertiary/aromatic N) is 2. The average molecular weight is 528 g/mol. The van der Waals surface area contributed by atoms with Gasteiger partial charge in [-0.25, -0.2) is 12.8 Å². The Morgan fingerprint density at radius 1 is 1.22 bits per heavy atom. The van der Waals surface area contributed by atoms with Crippen molar-refractivity contribution in [1.82, 2.24) is 9.71 Å². The van der Waals surface area contributed by atoms with Gasteiger partial charge in [-0.05, 0) is 29.3 Å². The van der Waals surface area contributed by atoms with E-state index in [1.807, 2.05) is 36.4 Å². The van der Waals surface area contributed by atoms with Gasteiger partial charge in [-0.15, -0.1) is 0 Å². The molecule has 194 valence electrons. The van der Waals surface area contributed by atoms with Gasteiger partial charge in [0.25, 0.3) is 6.01 Å². The number of aliphatic hydroxyl groups is 1. The quantitative estimate of drug-likeness (QED) is 0.336. The van der Waals surface area contributed by atoms with Gasteiger partial charge in [-0.1, -0.05) is 36.4 Å². The number of fused-ring (bicyclic) bond motifs is 2. The van der Waals surface area contributed by atoms with Gasteiger partial charge < -0.3 is 23.9 Å². The lowest BCUT2D eigenvalue weighted by Gasteiger charge is -2.39. The minimum atomic E-state index is -3.74. The van der Waals surface area contributed by atoms with Crippen LogP contribution in [0, 0.1) is 5.82 Å². The van der Waals surface area contributed by atoms with Gasteiger partial charge in [0.15, 0.2) is 17.1 Å². The highest BCUT2D eigenvalue weighted by atomic mass is 32.2. The second-order valence-corrected chi connectivity index (χ2v) is 10.6. The van der Waals surface area contributed by atoms with E-state index in [4.69, 9.17) is 13.9 Å². The molecule has 0 saturated carbocycles. The third kappa shape index (κ3) is 5.38. The Bertz CT molecular complexity index is 1530. The normalized spacial score (nSPS) is 16.4. The van der Waals surface area contributed by atoms with Gasteiger partial charge in [0, 0.05) is 24.6 Å². The zero-order chi connectivity index (χ0) is 26.2. The van der Waals surface area contributed by atoms with Crippen LogP contribution in [0.3, 0.4) is 0 Å². The Kier molecular flexibility index (Phi) is 6.76. The molecular formula is C26H26FN3O6S. The van der Waals surface area contributed by atoms with E-state index in [2.05, 4.69) is 9.71 Å². The fraction of sp³-hybridized carbons (Fsp3) is 0.269. The van der Waals surface area contributed by atoms with E-state index in [-0.39, 0.29) is 24.6 Å². The minimum absolute atomic E-state index is 0.133. The summed E-state index contributed by atoms with van der Waals surface area (Å²) in [6, 6.07) is 16.7. The molecule has 4 aromatic rings. The van der Waals surface area contributed by atoms with Crippen molar-refractivity contribution in [1.29, 1.82) is 0 Å². The van der Waals surface area contributed by atoms with Crippen molar-refractivity contribution in [2.45, 2.75) is 31.8 Å². The molecule has 2 atom stereocenters. The van der Waals surface area contributed by atoms with Crippen molar-refractivity contribution in [3.05, 3.63) is 83.2 Å². The summed E-state index contributed by atoms with van der Waals surface area (Å²) in [5, 5.41) is 11.0. The largest absolute Gasteiger partial charge is 0.493 e. The van der Waals surface area contributed by atoms with Crippen LogP contribution in [0.2, 0.25) is 0 Å². The van der Waals surface area contributed by atoms with Crippen molar-refractivity contribution in [2.24, 2.45) is 0 Å². The van der Waals surface area contributed by atoms with Gasteiger partial charge in [0.1, 0.15) is 24.2 Å². The van der Waals surface area contributed by atoms with Crippen LogP contribution in [-0.2, 0) is 29.6 Å². The van der Waals surface area contributed by atoms with Gasteiger partial charge in [0.2, 0.25) is 10.0 Å². The summed E-state index contributed by atoms with van der Waals surface area (Å²) in [6.45, 7) is 0.520. The average Bonchev–Trinajstić information content (AvgIpc) is 3.29. The van der Waals surface area contributed by atoms with Crippen molar-refractivity contribution in [3.8, 4) is 11.5 Å². The highest BCUT2D eigenvalue weighted by Crippen LogP contribution is 2.40. The van der Waals surface area contributed by atoms with Crippen molar-refractivity contribution in [3.63, 3.8) is 0 Å².